The molecule has 244 valence electrons. The van der Waals surface area contributed by atoms with Gasteiger partial charge in [0.05, 0.1) is 38.1 Å². The summed E-state index contributed by atoms with van der Waals surface area (Å²) in [7, 11) is 1.05. The first-order valence-corrected chi connectivity index (χ1v) is 15.3. The molecule has 0 saturated heterocycles. The molecule has 44 heavy (non-hydrogen) atoms. The Bertz CT molecular complexity index is 1180. The van der Waals surface area contributed by atoms with E-state index in [1.807, 2.05) is 0 Å². The number of phenols is 1. The van der Waals surface area contributed by atoms with Gasteiger partial charge in [-0.1, -0.05) is 24.3 Å². The van der Waals surface area contributed by atoms with Gasteiger partial charge in [0.1, 0.15) is 5.75 Å². The Kier molecular flexibility index (Phi) is 15.6. The number of amides is 2. The largest absolute Gasteiger partial charge is 0.508 e. The minimum atomic E-state index is -2.53. The predicted molar refractivity (Wildman–Crippen MR) is 165 cm³/mol. The molecular formula is C30H43N3O10S. The Hall–Kier alpha value is -3.24. The normalized spacial score (nSPS) is 15.3. The molecule has 0 bridgehead atoms. The van der Waals surface area contributed by atoms with Crippen molar-refractivity contribution in [2.24, 2.45) is 5.73 Å². The van der Waals surface area contributed by atoms with Gasteiger partial charge in [-0.3, -0.25) is 9.59 Å². The number of methoxy groups -OCH3 is 1. The lowest BCUT2D eigenvalue weighted by Gasteiger charge is -2.32. The topological polar surface area (TPSA) is 221 Å². The molecule has 0 saturated carbocycles. The summed E-state index contributed by atoms with van der Waals surface area (Å²) in [6.07, 6.45) is -5.20. The second-order valence-corrected chi connectivity index (χ2v) is 11.4. The summed E-state index contributed by atoms with van der Waals surface area (Å²) >= 11 is 1.57. The maximum absolute atomic E-state index is 12.6. The molecule has 0 aliphatic carbocycles. The van der Waals surface area contributed by atoms with E-state index in [0.29, 0.717) is 24.3 Å². The molecule has 0 spiro atoms. The summed E-state index contributed by atoms with van der Waals surface area (Å²) in [6.45, 7) is 1.32. The summed E-state index contributed by atoms with van der Waals surface area (Å²) in [5.74, 6) is -3.21. The average molecular weight is 638 g/mol. The van der Waals surface area contributed by atoms with Gasteiger partial charge in [-0.2, -0.15) is 11.8 Å². The zero-order chi connectivity index (χ0) is 32.7. The number of phenolic OH excluding ortho intramolecular Hbond substituents is 1. The summed E-state index contributed by atoms with van der Waals surface area (Å²) in [5, 5.41) is 57.3. The molecular weight excluding hydrogens is 594 g/mol. The molecule has 0 aliphatic rings. The van der Waals surface area contributed by atoms with Crippen LogP contribution in [0.5, 0.6) is 5.75 Å². The number of carbonyl (C=O) groups is 3. The van der Waals surface area contributed by atoms with Crippen LogP contribution in [-0.2, 0) is 19.1 Å². The van der Waals surface area contributed by atoms with Gasteiger partial charge in [0.15, 0.2) is 0 Å². The maximum atomic E-state index is 12.6. The molecule has 2 aromatic rings. The van der Waals surface area contributed by atoms with Crippen LogP contribution in [0.3, 0.4) is 0 Å². The van der Waals surface area contributed by atoms with Crippen molar-refractivity contribution in [3.8, 4) is 16.9 Å². The van der Waals surface area contributed by atoms with Gasteiger partial charge in [0, 0.05) is 37.8 Å². The van der Waals surface area contributed by atoms with Crippen LogP contribution in [0, 0.1) is 0 Å². The molecule has 0 heterocycles. The van der Waals surface area contributed by atoms with Crippen molar-refractivity contribution in [3.05, 3.63) is 54.1 Å². The molecule has 14 heteroatoms. The number of thioether (sulfide) groups is 1. The smallest absolute Gasteiger partial charge is 0.366 e. The van der Waals surface area contributed by atoms with Gasteiger partial charge in [-0.25, -0.2) is 4.79 Å². The molecule has 5 atom stereocenters. The monoisotopic (exact) mass is 637 g/mol. The number of hydrogen-bond acceptors (Lipinski definition) is 12. The van der Waals surface area contributed by atoms with Crippen LogP contribution in [0.2, 0.25) is 0 Å². The van der Waals surface area contributed by atoms with E-state index >= 15 is 0 Å². The van der Waals surface area contributed by atoms with Gasteiger partial charge in [0.2, 0.25) is 5.91 Å². The van der Waals surface area contributed by atoms with Gasteiger partial charge >= 0.3 is 5.97 Å². The molecule has 9 N–H and O–H groups in total. The predicted octanol–water partition coefficient (Wildman–Crippen LogP) is 0.117. The Morgan fingerprint density at radius 1 is 0.955 bits per heavy atom. The van der Waals surface area contributed by atoms with Crippen molar-refractivity contribution in [1.82, 2.24) is 10.6 Å². The fraction of sp³-hybridized carbons (Fsp3) is 0.500. The number of aliphatic hydroxyl groups is 4. The van der Waals surface area contributed by atoms with E-state index in [1.54, 1.807) is 60.3 Å². The summed E-state index contributed by atoms with van der Waals surface area (Å²) < 4.78 is 10.0. The first kappa shape index (κ1) is 36.9. The van der Waals surface area contributed by atoms with Crippen LogP contribution in [0.1, 0.15) is 36.5 Å². The zero-order valence-electron chi connectivity index (χ0n) is 24.8. The van der Waals surface area contributed by atoms with Crippen molar-refractivity contribution in [1.29, 1.82) is 0 Å². The minimum Gasteiger partial charge on any atom is -0.508 e. The highest BCUT2D eigenvalue weighted by Crippen LogP contribution is 2.23. The van der Waals surface area contributed by atoms with Crippen molar-refractivity contribution >= 4 is 29.5 Å². The summed E-state index contributed by atoms with van der Waals surface area (Å²) in [5.41, 5.74) is 7.43. The lowest BCUT2D eigenvalue weighted by molar-refractivity contribution is -0.236. The number of carbonyl (C=O) groups excluding carboxylic acids is 3. The highest BCUT2D eigenvalue weighted by atomic mass is 32.2. The Morgan fingerprint density at radius 3 is 2.14 bits per heavy atom. The second-order valence-electron chi connectivity index (χ2n) is 10.2. The first-order valence-electron chi connectivity index (χ1n) is 14.1. The third-order valence-corrected chi connectivity index (χ3v) is 7.74. The van der Waals surface area contributed by atoms with E-state index in [9.17, 15) is 39.9 Å². The van der Waals surface area contributed by atoms with E-state index < -0.39 is 54.3 Å². The number of nitrogens with one attached hydrogen (secondary N) is 2. The van der Waals surface area contributed by atoms with E-state index in [0.717, 1.165) is 24.0 Å². The van der Waals surface area contributed by atoms with Crippen molar-refractivity contribution in [2.75, 3.05) is 38.3 Å². The third-order valence-electron chi connectivity index (χ3n) is 6.64. The molecule has 0 radical (unpaired) electrons. The van der Waals surface area contributed by atoms with Crippen LogP contribution in [0.25, 0.3) is 11.1 Å². The van der Waals surface area contributed by atoms with Crippen molar-refractivity contribution in [2.45, 2.75) is 56.3 Å². The Morgan fingerprint density at radius 2 is 1.57 bits per heavy atom. The van der Waals surface area contributed by atoms with Gasteiger partial charge in [-0.15, -0.1) is 0 Å². The number of aromatic hydroxyl groups is 1. The fourth-order valence-corrected chi connectivity index (χ4v) is 4.96. The van der Waals surface area contributed by atoms with E-state index in [-0.39, 0.29) is 25.3 Å². The molecule has 0 fully saturated rings. The van der Waals surface area contributed by atoms with Crippen LogP contribution in [0.15, 0.2) is 48.5 Å². The molecule has 0 aliphatic heterocycles. The number of hydrogen-bond donors (Lipinski definition) is 8. The molecule has 2 aromatic carbocycles. The number of rotatable bonds is 19. The minimum absolute atomic E-state index is 0.0265. The Balaban J connectivity index is 1.97. The van der Waals surface area contributed by atoms with Gasteiger partial charge < -0.3 is 51.4 Å². The third kappa shape index (κ3) is 12.0. The standard InChI is InChI=1S/C30H43N3O10S/c1-19(34)33-24(26(37)17-30(41,29(40)42-2)43-13-3-14-44-15-12-31)16-25(36)27(38)18-32-28(39)22-6-4-20(5-7-22)21-8-10-23(35)11-9-21/h4-11,24-27,35-38,41H,3,12-18,31H2,1-2H3,(H,32,39)(H,33,34)/t24?,25-,26?,27?,30?/m0/s1. The molecule has 0 aromatic heterocycles. The first-order chi connectivity index (χ1) is 20.9. The van der Waals surface area contributed by atoms with Gasteiger partial charge in [0.25, 0.3) is 11.7 Å². The summed E-state index contributed by atoms with van der Waals surface area (Å²) in [4.78, 5) is 36.8. The fourth-order valence-electron chi connectivity index (χ4n) is 4.27. The van der Waals surface area contributed by atoms with Crippen LogP contribution in [-0.4, -0.2) is 112 Å². The highest BCUT2D eigenvalue weighted by molar-refractivity contribution is 7.99. The lowest BCUT2D eigenvalue weighted by atomic mass is 9.95. The van der Waals surface area contributed by atoms with Gasteiger partial charge in [-0.05, 0) is 54.0 Å². The zero-order valence-corrected chi connectivity index (χ0v) is 25.7. The maximum Gasteiger partial charge on any atom is 0.366 e. The number of benzene rings is 2. The van der Waals surface area contributed by atoms with E-state index in [1.165, 1.54) is 6.92 Å². The molecule has 13 nitrogen and oxygen atoms in total. The number of nitrogens with two attached hydrogens (primary N) is 1. The molecule has 2 rings (SSSR count). The number of aliphatic hydroxyl groups excluding tert-OH is 3. The van der Waals surface area contributed by atoms with E-state index in [4.69, 9.17) is 10.5 Å². The van der Waals surface area contributed by atoms with Crippen LogP contribution in [0.4, 0.5) is 0 Å². The SMILES string of the molecule is COC(=O)C(O)(CC(O)C(C[C@H](O)C(O)CNC(=O)c1ccc(-c2ccc(O)cc2)cc1)NC(C)=O)OCCCSCCN. The lowest BCUT2D eigenvalue weighted by Crippen LogP contribution is -2.53. The molecule has 2 amide bonds. The summed E-state index contributed by atoms with van der Waals surface area (Å²) in [6, 6.07) is 12.0. The van der Waals surface area contributed by atoms with Crippen LogP contribution >= 0.6 is 11.8 Å². The number of esters is 1. The average Bonchev–Trinajstić information content (AvgIpc) is 3.00. The van der Waals surface area contributed by atoms with Crippen molar-refractivity contribution < 1.29 is 49.4 Å². The van der Waals surface area contributed by atoms with E-state index in [2.05, 4.69) is 15.4 Å². The Labute approximate surface area is 260 Å². The quantitative estimate of drug-likeness (QED) is 0.0585. The van der Waals surface area contributed by atoms with Crippen molar-refractivity contribution in [3.63, 3.8) is 0 Å². The number of ether oxygens (including phenoxy) is 2. The molecule has 4 unspecified atom stereocenters. The highest BCUT2D eigenvalue weighted by Gasteiger charge is 2.43. The second kappa shape index (κ2) is 18.5. The van der Waals surface area contributed by atoms with Crippen LogP contribution < -0.4 is 16.4 Å².